The summed E-state index contributed by atoms with van der Waals surface area (Å²) in [6.45, 7) is 6.63. The first-order valence-electron chi connectivity index (χ1n) is 11.1. The predicted octanol–water partition coefficient (Wildman–Crippen LogP) is 6.65. The van der Waals surface area contributed by atoms with E-state index in [-0.39, 0.29) is 27.0 Å². The van der Waals surface area contributed by atoms with E-state index in [4.69, 9.17) is 5.11 Å². The Balaban J connectivity index is 0. The summed E-state index contributed by atoms with van der Waals surface area (Å²) in [5.74, 6) is -0.681. The van der Waals surface area contributed by atoms with Gasteiger partial charge in [-0.2, -0.15) is 0 Å². The van der Waals surface area contributed by atoms with Crippen molar-refractivity contribution < 1.29 is 30.3 Å². The van der Waals surface area contributed by atoms with Gasteiger partial charge in [0.15, 0.2) is 0 Å². The smallest absolute Gasteiger partial charge is 0.317 e. The van der Waals surface area contributed by atoms with Crippen molar-refractivity contribution >= 4 is 5.97 Å². The number of carboxylic acid groups (broad SMARTS) is 1. The van der Waals surface area contributed by atoms with E-state index in [0.29, 0.717) is 0 Å². The van der Waals surface area contributed by atoms with Crippen LogP contribution in [0.2, 0.25) is 0 Å². The number of unbranched alkanes of at least 4 members (excludes halogenated alkanes) is 14. The summed E-state index contributed by atoms with van der Waals surface area (Å²) in [6, 6.07) is 0. The van der Waals surface area contributed by atoms with Crippen LogP contribution in [0, 0.1) is 0 Å². The molecule has 0 spiro atoms. The van der Waals surface area contributed by atoms with E-state index in [1.54, 1.807) is 0 Å². The van der Waals surface area contributed by atoms with Gasteiger partial charge in [0.2, 0.25) is 0 Å². The molecule has 0 atom stereocenters. The summed E-state index contributed by atoms with van der Waals surface area (Å²) in [6.07, 6.45) is 20.9. The van der Waals surface area contributed by atoms with Gasteiger partial charge in [0, 0.05) is 20.4 Å². The molecule has 0 aromatic rings. The van der Waals surface area contributed by atoms with Crippen LogP contribution in [0.4, 0.5) is 0 Å². The fourth-order valence-corrected chi connectivity index (χ4v) is 3.40. The molecule has 0 aliphatic heterocycles. The third-order valence-corrected chi connectivity index (χ3v) is 5.01. The number of hydrogen-bond donors (Lipinski definition) is 1. The Hall–Kier alpha value is 0.0923. The van der Waals surface area contributed by atoms with Gasteiger partial charge in [-0.25, -0.2) is 0 Å². The van der Waals surface area contributed by atoms with Crippen LogP contribution in [0.15, 0.2) is 0 Å². The van der Waals surface area contributed by atoms with Crippen LogP contribution in [-0.2, 0) is 25.2 Å². The molecular weight excluding hydrogens is 417 g/mol. The maximum Gasteiger partial charge on any atom is 0.317 e. The normalized spacial score (nSPS) is 10.9. The molecule has 0 saturated heterocycles. The molecular formula is C22H45NO2Pd. The number of carbonyl (C=O) groups is 1. The second-order valence-electron chi connectivity index (χ2n) is 7.62. The van der Waals surface area contributed by atoms with E-state index in [0.717, 1.165) is 25.9 Å². The number of nitrogens with zero attached hydrogens (tertiary/aromatic N) is 1. The summed E-state index contributed by atoms with van der Waals surface area (Å²) < 4.78 is 0. The van der Waals surface area contributed by atoms with Gasteiger partial charge in [-0.1, -0.05) is 104 Å². The van der Waals surface area contributed by atoms with E-state index in [2.05, 4.69) is 18.7 Å². The van der Waals surface area contributed by atoms with Gasteiger partial charge in [-0.3, -0.25) is 9.69 Å². The summed E-state index contributed by atoms with van der Waals surface area (Å²) in [5, 5.41) is 9.09. The molecule has 0 saturated carbocycles. The van der Waals surface area contributed by atoms with Gasteiger partial charge in [-0.15, -0.1) is 0 Å². The largest absolute Gasteiger partial charge is 0.480 e. The molecule has 0 aliphatic rings. The summed E-state index contributed by atoms with van der Waals surface area (Å²) in [7, 11) is 0. The van der Waals surface area contributed by atoms with Gasteiger partial charge >= 0.3 is 5.97 Å². The molecule has 1 N–H and O–H groups in total. The molecule has 0 rings (SSSR count). The summed E-state index contributed by atoms with van der Waals surface area (Å²) in [4.78, 5) is 13.2. The molecule has 0 amide bonds. The van der Waals surface area contributed by atoms with Crippen molar-refractivity contribution in [2.24, 2.45) is 0 Å². The van der Waals surface area contributed by atoms with Crippen molar-refractivity contribution in [2.75, 3.05) is 19.6 Å². The first kappa shape index (κ1) is 28.3. The topological polar surface area (TPSA) is 40.5 Å². The molecule has 0 bridgehead atoms. The molecule has 26 heavy (non-hydrogen) atoms. The Kier molecular flexibility index (Phi) is 25.2. The zero-order valence-corrected chi connectivity index (χ0v) is 19.1. The molecule has 0 fully saturated rings. The third-order valence-electron chi connectivity index (χ3n) is 5.01. The second-order valence-corrected chi connectivity index (χ2v) is 7.62. The first-order chi connectivity index (χ1) is 12.2. The van der Waals surface area contributed by atoms with Crippen molar-refractivity contribution in [3.63, 3.8) is 0 Å². The van der Waals surface area contributed by atoms with Gasteiger partial charge in [0.25, 0.3) is 0 Å². The van der Waals surface area contributed by atoms with Gasteiger partial charge in [-0.05, 0) is 25.9 Å². The third kappa shape index (κ3) is 22.1. The van der Waals surface area contributed by atoms with Crippen LogP contribution >= 0.6 is 0 Å². The van der Waals surface area contributed by atoms with Crippen molar-refractivity contribution in [1.82, 2.24) is 4.90 Å². The maximum absolute atomic E-state index is 11.0. The summed E-state index contributed by atoms with van der Waals surface area (Å²) in [5.41, 5.74) is 0. The first-order valence-corrected chi connectivity index (χ1v) is 11.1. The standard InChI is InChI=1S/C22H45NO2.Pd/c1-3-5-7-9-11-13-15-17-19-23(21-22(24)25)20-18-16-14-12-10-8-6-4-2;/h3-21H2,1-2H3,(H,24,25);. The Bertz CT molecular complexity index is 267. The number of rotatable bonds is 20. The van der Waals surface area contributed by atoms with Crippen molar-refractivity contribution in [2.45, 2.75) is 117 Å². The van der Waals surface area contributed by atoms with E-state index < -0.39 is 5.97 Å². The molecule has 0 radical (unpaired) electrons. The van der Waals surface area contributed by atoms with E-state index >= 15 is 0 Å². The quantitative estimate of drug-likeness (QED) is 0.163. The van der Waals surface area contributed by atoms with Gasteiger partial charge in [0.05, 0.1) is 6.54 Å². The van der Waals surface area contributed by atoms with E-state index in [9.17, 15) is 4.79 Å². The molecule has 0 heterocycles. The number of aliphatic carboxylic acids is 1. The molecule has 0 unspecified atom stereocenters. The van der Waals surface area contributed by atoms with Gasteiger partial charge in [0.1, 0.15) is 0 Å². The monoisotopic (exact) mass is 461 g/mol. The average Bonchev–Trinajstić information content (AvgIpc) is 2.58. The van der Waals surface area contributed by atoms with Crippen LogP contribution in [-0.4, -0.2) is 35.6 Å². The summed E-state index contributed by atoms with van der Waals surface area (Å²) >= 11 is 0. The van der Waals surface area contributed by atoms with Crippen LogP contribution in [0.5, 0.6) is 0 Å². The Labute approximate surface area is 177 Å². The minimum Gasteiger partial charge on any atom is -0.480 e. The zero-order valence-electron chi connectivity index (χ0n) is 17.6. The van der Waals surface area contributed by atoms with Crippen molar-refractivity contribution in [3.05, 3.63) is 0 Å². The van der Waals surface area contributed by atoms with E-state index in [1.165, 1.54) is 89.9 Å². The Morgan fingerprint density at radius 1 is 0.615 bits per heavy atom. The second kappa shape index (κ2) is 23.1. The Morgan fingerprint density at radius 2 is 0.923 bits per heavy atom. The van der Waals surface area contributed by atoms with Crippen LogP contribution in [0.3, 0.4) is 0 Å². The van der Waals surface area contributed by atoms with Crippen LogP contribution in [0.25, 0.3) is 0 Å². The fourth-order valence-electron chi connectivity index (χ4n) is 3.40. The van der Waals surface area contributed by atoms with Crippen LogP contribution < -0.4 is 0 Å². The minimum atomic E-state index is -0.681. The maximum atomic E-state index is 11.0. The SMILES string of the molecule is CCCCCCCCCCN(CCCCCCCCCC)CC(=O)O.[Pd]. The van der Waals surface area contributed by atoms with Gasteiger partial charge < -0.3 is 5.11 Å². The Morgan fingerprint density at radius 3 is 1.23 bits per heavy atom. The molecule has 4 heteroatoms. The average molecular weight is 462 g/mol. The minimum absolute atomic E-state index is 0. The molecule has 0 aromatic heterocycles. The molecule has 0 aliphatic carbocycles. The zero-order chi connectivity index (χ0) is 18.6. The van der Waals surface area contributed by atoms with E-state index in [1.807, 2.05) is 0 Å². The molecule has 3 nitrogen and oxygen atoms in total. The number of hydrogen-bond acceptors (Lipinski definition) is 2. The number of carboxylic acids is 1. The van der Waals surface area contributed by atoms with Crippen molar-refractivity contribution in [1.29, 1.82) is 0 Å². The van der Waals surface area contributed by atoms with Crippen LogP contribution in [0.1, 0.15) is 117 Å². The molecule has 160 valence electrons. The van der Waals surface area contributed by atoms with Crippen molar-refractivity contribution in [3.8, 4) is 0 Å². The molecule has 0 aromatic carbocycles. The fraction of sp³-hybridized carbons (Fsp3) is 0.955. The predicted molar refractivity (Wildman–Crippen MR) is 109 cm³/mol.